The van der Waals surface area contributed by atoms with E-state index in [2.05, 4.69) is 0 Å². The molecule has 36 heavy (non-hydrogen) atoms. The molecule has 0 aliphatic carbocycles. The molecule has 0 spiro atoms. The van der Waals surface area contributed by atoms with E-state index in [1.54, 1.807) is 55.4 Å². The van der Waals surface area contributed by atoms with Gasteiger partial charge in [-0.15, -0.1) is 0 Å². The molecule has 0 aliphatic heterocycles. The fourth-order valence-electron chi connectivity index (χ4n) is 3.16. The molecule has 0 heterocycles. The normalized spacial score (nSPS) is 14.3. The van der Waals surface area contributed by atoms with Gasteiger partial charge in [0.15, 0.2) is 0 Å². The van der Waals surface area contributed by atoms with Crippen LogP contribution < -0.4 is 11.5 Å². The minimum absolute atomic E-state index is 0.106. The second-order valence-corrected chi connectivity index (χ2v) is 12.9. The Labute approximate surface area is 212 Å². The Hall–Kier alpha value is -1.94. The Bertz CT molecular complexity index is 882. The smallest absolute Gasteiger partial charge is 0.405 e. The highest BCUT2D eigenvalue weighted by Crippen LogP contribution is 2.65. The number of benzene rings is 1. The van der Waals surface area contributed by atoms with Gasteiger partial charge in [-0.05, 0) is 61.5 Å². The van der Waals surface area contributed by atoms with Gasteiger partial charge in [-0.3, -0.25) is 9.13 Å². The molecule has 206 valence electrons. The van der Waals surface area contributed by atoms with Crippen molar-refractivity contribution >= 4 is 27.4 Å². The fourth-order valence-corrected chi connectivity index (χ4v) is 7.57. The van der Waals surface area contributed by atoms with E-state index in [0.717, 1.165) is 0 Å². The van der Waals surface area contributed by atoms with E-state index in [-0.39, 0.29) is 11.1 Å². The van der Waals surface area contributed by atoms with Gasteiger partial charge >= 0.3 is 27.4 Å². The molecule has 0 saturated carbocycles. The van der Waals surface area contributed by atoms with Crippen LogP contribution in [0.1, 0.15) is 78.2 Å². The van der Waals surface area contributed by atoms with Crippen LogP contribution in [0, 0.1) is 0 Å². The third-order valence-electron chi connectivity index (χ3n) is 3.94. The summed E-state index contributed by atoms with van der Waals surface area (Å²) in [5, 5.41) is 0. The summed E-state index contributed by atoms with van der Waals surface area (Å²) in [5.74, 6) is -3.18. The summed E-state index contributed by atoms with van der Waals surface area (Å²) in [6.45, 7) is 13.1. The van der Waals surface area contributed by atoms with E-state index in [1.165, 1.54) is 24.3 Å². The average molecular weight is 552 g/mol. The van der Waals surface area contributed by atoms with E-state index in [4.69, 9.17) is 39.0 Å². The van der Waals surface area contributed by atoms with E-state index in [9.17, 15) is 18.7 Å². The minimum Gasteiger partial charge on any atom is -0.428 e. The molecule has 1 rings (SSSR count). The molecule has 1 aromatic rings. The van der Waals surface area contributed by atoms with Gasteiger partial charge in [0.2, 0.25) is 11.7 Å². The maximum absolute atomic E-state index is 13.8. The molecular formula is C22H38N2O10P2. The van der Waals surface area contributed by atoms with Gasteiger partial charge in [-0.1, -0.05) is 18.2 Å². The SMILES string of the molecule is CC(C)OP(=O)(OC(C)C)C(OC(N)=O)c1cccc(C(OC(N)=O)P(=O)(OC(C)C)OC(C)C)c1. The molecule has 0 fully saturated rings. The second kappa shape index (κ2) is 13.6. The summed E-state index contributed by atoms with van der Waals surface area (Å²) in [4.78, 5) is 23.5. The van der Waals surface area contributed by atoms with Crippen molar-refractivity contribution in [2.24, 2.45) is 11.5 Å². The summed E-state index contributed by atoms with van der Waals surface area (Å²) in [7, 11) is -8.34. The number of rotatable bonds is 14. The highest BCUT2D eigenvalue weighted by Gasteiger charge is 2.45. The van der Waals surface area contributed by atoms with Crippen LogP contribution in [-0.2, 0) is 36.7 Å². The maximum atomic E-state index is 13.8. The van der Waals surface area contributed by atoms with Crippen molar-refractivity contribution < 1.29 is 46.3 Å². The molecule has 0 aliphatic rings. The number of amides is 2. The first kappa shape index (κ1) is 32.1. The number of primary amides is 2. The van der Waals surface area contributed by atoms with E-state index in [0.29, 0.717) is 0 Å². The lowest BCUT2D eigenvalue weighted by Gasteiger charge is -2.31. The molecule has 4 N–H and O–H groups in total. The van der Waals surface area contributed by atoms with Gasteiger partial charge in [0.1, 0.15) is 0 Å². The first-order chi connectivity index (χ1) is 16.5. The zero-order chi connectivity index (χ0) is 27.8. The topological polar surface area (TPSA) is 176 Å². The highest BCUT2D eigenvalue weighted by atomic mass is 31.2. The molecule has 0 saturated heterocycles. The van der Waals surface area contributed by atoms with Crippen LogP contribution in [0.2, 0.25) is 0 Å². The highest BCUT2D eigenvalue weighted by molar-refractivity contribution is 7.54. The Kier molecular flexibility index (Phi) is 12.1. The van der Waals surface area contributed by atoms with E-state index < -0.39 is 63.5 Å². The van der Waals surface area contributed by atoms with Gasteiger partial charge in [0.05, 0.1) is 24.4 Å². The molecular weight excluding hydrogens is 514 g/mol. The van der Waals surface area contributed by atoms with Crippen LogP contribution in [0.5, 0.6) is 0 Å². The van der Waals surface area contributed by atoms with Gasteiger partial charge < -0.3 is 39.0 Å². The summed E-state index contributed by atoms with van der Waals surface area (Å²) < 4.78 is 60.4. The number of carbonyl (C=O) groups is 2. The largest absolute Gasteiger partial charge is 0.428 e. The van der Waals surface area contributed by atoms with Gasteiger partial charge in [0.25, 0.3) is 0 Å². The van der Waals surface area contributed by atoms with Crippen molar-refractivity contribution in [3.8, 4) is 0 Å². The summed E-state index contributed by atoms with van der Waals surface area (Å²) in [6, 6.07) is 5.76. The molecule has 0 bridgehead atoms. The number of ether oxygens (including phenoxy) is 2. The van der Waals surface area contributed by atoms with Crippen molar-refractivity contribution in [3.05, 3.63) is 35.4 Å². The number of hydrogen-bond donors (Lipinski definition) is 2. The Morgan fingerprint density at radius 3 is 1.14 bits per heavy atom. The van der Waals surface area contributed by atoms with Gasteiger partial charge in [-0.25, -0.2) is 9.59 Å². The fraction of sp³-hybridized carbons (Fsp3) is 0.636. The standard InChI is InChI=1S/C22H38N2O10P2/c1-13(2)31-35(27,32-14(3)4)19(29-21(23)25)17-10-9-11-18(12-17)20(30-22(24)26)36(28,33-15(5)6)34-16(7)8/h9-16,19-20H,1-8H3,(H2,23,25)(H2,24,26). The summed E-state index contributed by atoms with van der Waals surface area (Å²) >= 11 is 0. The monoisotopic (exact) mass is 552 g/mol. The molecule has 14 heteroatoms. The molecule has 0 radical (unpaired) electrons. The number of hydrogen-bond acceptors (Lipinski definition) is 10. The van der Waals surface area contributed by atoms with Crippen LogP contribution in [-0.4, -0.2) is 36.6 Å². The van der Waals surface area contributed by atoms with Crippen molar-refractivity contribution in [2.45, 2.75) is 91.5 Å². The summed E-state index contributed by atoms with van der Waals surface area (Å²) in [6.07, 6.45) is -4.73. The third-order valence-corrected chi connectivity index (χ3v) is 8.76. The first-order valence-electron chi connectivity index (χ1n) is 11.4. The number of nitrogens with two attached hydrogens (primary N) is 2. The van der Waals surface area contributed by atoms with Crippen LogP contribution in [0.25, 0.3) is 0 Å². The van der Waals surface area contributed by atoms with Crippen molar-refractivity contribution in [3.63, 3.8) is 0 Å². The van der Waals surface area contributed by atoms with E-state index in [1.807, 2.05) is 0 Å². The Morgan fingerprint density at radius 1 is 0.639 bits per heavy atom. The lowest BCUT2D eigenvalue weighted by atomic mass is 10.1. The maximum Gasteiger partial charge on any atom is 0.405 e. The zero-order valence-electron chi connectivity index (χ0n) is 21.9. The van der Waals surface area contributed by atoms with E-state index >= 15 is 0 Å². The molecule has 0 aromatic heterocycles. The molecule has 2 unspecified atom stereocenters. The minimum atomic E-state index is -4.17. The predicted octanol–water partition coefficient (Wildman–Crippen LogP) is 5.96. The lowest BCUT2D eigenvalue weighted by molar-refractivity contribution is 0.0812. The quantitative estimate of drug-likeness (QED) is 0.262. The second-order valence-electron chi connectivity index (χ2n) is 8.94. The van der Waals surface area contributed by atoms with Crippen LogP contribution in [0.4, 0.5) is 9.59 Å². The summed E-state index contributed by atoms with van der Waals surface area (Å²) in [5.41, 5.74) is 10.7. The predicted molar refractivity (Wildman–Crippen MR) is 133 cm³/mol. The average Bonchev–Trinajstić information content (AvgIpc) is 2.67. The van der Waals surface area contributed by atoms with Gasteiger partial charge in [-0.2, -0.15) is 0 Å². The van der Waals surface area contributed by atoms with Crippen LogP contribution in [0.3, 0.4) is 0 Å². The van der Waals surface area contributed by atoms with Gasteiger partial charge in [0, 0.05) is 11.1 Å². The van der Waals surface area contributed by atoms with Crippen molar-refractivity contribution in [1.29, 1.82) is 0 Å². The van der Waals surface area contributed by atoms with Crippen LogP contribution >= 0.6 is 15.2 Å². The molecule has 2 atom stereocenters. The lowest BCUT2D eigenvalue weighted by Crippen LogP contribution is -2.23. The zero-order valence-corrected chi connectivity index (χ0v) is 23.7. The third kappa shape index (κ3) is 9.84. The van der Waals surface area contributed by atoms with Crippen LogP contribution in [0.15, 0.2) is 24.3 Å². The molecule has 12 nitrogen and oxygen atoms in total. The molecule has 1 aromatic carbocycles. The van der Waals surface area contributed by atoms with Crippen molar-refractivity contribution in [1.82, 2.24) is 0 Å². The number of carbonyl (C=O) groups excluding carboxylic acids is 2. The van der Waals surface area contributed by atoms with Crippen molar-refractivity contribution in [2.75, 3.05) is 0 Å². The molecule has 2 amide bonds. The Morgan fingerprint density at radius 2 is 0.917 bits per heavy atom. The first-order valence-corrected chi connectivity index (χ1v) is 14.7. The Balaban J connectivity index is 3.75.